The van der Waals surface area contributed by atoms with Crippen LogP contribution in [0.5, 0.6) is 0 Å². The molecule has 0 aromatic heterocycles. The van der Waals surface area contributed by atoms with E-state index in [-0.39, 0.29) is 30.1 Å². The van der Waals surface area contributed by atoms with Gasteiger partial charge in [-0.1, -0.05) is 29.8 Å². The van der Waals surface area contributed by atoms with Gasteiger partial charge >= 0.3 is 0 Å². The Hall–Kier alpha value is -1.92. The van der Waals surface area contributed by atoms with Gasteiger partial charge < -0.3 is 20.6 Å². The molecule has 6 nitrogen and oxygen atoms in total. The second-order valence-corrected chi connectivity index (χ2v) is 6.89. The number of nitrogens with zero attached hydrogens (tertiary/aromatic N) is 1. The monoisotopic (exact) mass is 331 g/mol. The van der Waals surface area contributed by atoms with Crippen LogP contribution in [-0.4, -0.2) is 54.1 Å². The maximum Gasteiger partial charge on any atom is 0.225 e. The molecule has 0 aliphatic carbocycles. The van der Waals surface area contributed by atoms with Crippen molar-refractivity contribution in [3.63, 3.8) is 0 Å². The number of hydrogen-bond donors (Lipinski definition) is 3. The fourth-order valence-electron chi connectivity index (χ4n) is 3.32. The molecule has 0 radical (unpaired) electrons. The molecule has 2 aliphatic rings. The van der Waals surface area contributed by atoms with E-state index in [1.54, 1.807) is 4.90 Å². The Kier molecular flexibility index (Phi) is 5.16. The van der Waals surface area contributed by atoms with Crippen molar-refractivity contribution in [3.05, 3.63) is 35.4 Å². The standard InChI is InChI=1S/C18H25N3O3/c1-12-2-4-13(5-3-12)10-21-11-14(6-17(21)23)18(24)20-8-15-7-19-9-16(15)22/h2-5,14-16,19,22H,6-11H2,1H3,(H,20,24). The third-order valence-electron chi connectivity index (χ3n) is 4.92. The second-order valence-electron chi connectivity index (χ2n) is 6.89. The maximum atomic E-state index is 12.3. The Morgan fingerprint density at radius 3 is 2.75 bits per heavy atom. The molecule has 130 valence electrons. The molecule has 2 saturated heterocycles. The highest BCUT2D eigenvalue weighted by Gasteiger charge is 2.35. The van der Waals surface area contributed by atoms with Crippen molar-refractivity contribution in [2.24, 2.45) is 11.8 Å². The predicted octanol–water partition coefficient (Wildman–Crippen LogP) is 0.0400. The summed E-state index contributed by atoms with van der Waals surface area (Å²) in [5, 5.41) is 15.7. The number of carbonyl (C=O) groups excluding carboxylic acids is 2. The van der Waals surface area contributed by atoms with Gasteiger partial charge in [0.2, 0.25) is 11.8 Å². The van der Waals surface area contributed by atoms with Crippen LogP contribution in [0.15, 0.2) is 24.3 Å². The summed E-state index contributed by atoms with van der Waals surface area (Å²) in [5.74, 6) is -0.309. The van der Waals surface area contributed by atoms with E-state index in [9.17, 15) is 14.7 Å². The van der Waals surface area contributed by atoms with Gasteiger partial charge in [0.25, 0.3) is 0 Å². The van der Waals surface area contributed by atoms with E-state index in [1.165, 1.54) is 5.56 Å². The van der Waals surface area contributed by atoms with Crippen molar-refractivity contribution in [3.8, 4) is 0 Å². The minimum atomic E-state index is -0.409. The summed E-state index contributed by atoms with van der Waals surface area (Å²) < 4.78 is 0. The fourth-order valence-corrected chi connectivity index (χ4v) is 3.32. The van der Waals surface area contributed by atoms with Crippen LogP contribution in [0.2, 0.25) is 0 Å². The van der Waals surface area contributed by atoms with Gasteiger partial charge in [-0.15, -0.1) is 0 Å². The Morgan fingerprint density at radius 1 is 1.33 bits per heavy atom. The number of amides is 2. The number of benzene rings is 1. The van der Waals surface area contributed by atoms with Crippen LogP contribution in [0.1, 0.15) is 17.5 Å². The van der Waals surface area contributed by atoms with Crippen molar-refractivity contribution in [2.75, 3.05) is 26.2 Å². The summed E-state index contributed by atoms with van der Waals surface area (Å²) in [6.45, 7) is 4.78. The molecule has 3 atom stereocenters. The summed E-state index contributed by atoms with van der Waals surface area (Å²) >= 11 is 0. The lowest BCUT2D eigenvalue weighted by Gasteiger charge is -2.18. The van der Waals surface area contributed by atoms with Gasteiger partial charge in [-0.25, -0.2) is 0 Å². The molecule has 3 unspecified atom stereocenters. The molecule has 0 bridgehead atoms. The Labute approximate surface area is 142 Å². The fraction of sp³-hybridized carbons (Fsp3) is 0.556. The summed E-state index contributed by atoms with van der Waals surface area (Å²) in [4.78, 5) is 26.2. The largest absolute Gasteiger partial charge is 0.391 e. The van der Waals surface area contributed by atoms with E-state index in [1.807, 2.05) is 31.2 Å². The van der Waals surface area contributed by atoms with Crippen molar-refractivity contribution in [1.29, 1.82) is 0 Å². The number of nitrogens with one attached hydrogen (secondary N) is 2. The Balaban J connectivity index is 1.50. The van der Waals surface area contributed by atoms with Gasteiger partial charge in [-0.2, -0.15) is 0 Å². The van der Waals surface area contributed by atoms with Gasteiger partial charge in [-0.05, 0) is 12.5 Å². The molecule has 6 heteroatoms. The highest BCUT2D eigenvalue weighted by atomic mass is 16.3. The zero-order chi connectivity index (χ0) is 17.1. The lowest BCUT2D eigenvalue weighted by atomic mass is 10.0. The van der Waals surface area contributed by atoms with Gasteiger partial charge in [0.1, 0.15) is 0 Å². The third-order valence-corrected chi connectivity index (χ3v) is 4.92. The number of likely N-dealkylation sites (tertiary alicyclic amines) is 1. The summed E-state index contributed by atoms with van der Waals surface area (Å²) in [6.07, 6.45) is -0.142. The molecule has 3 rings (SSSR count). The molecular formula is C18H25N3O3. The summed E-state index contributed by atoms with van der Waals surface area (Å²) in [6, 6.07) is 8.09. The molecule has 1 aromatic carbocycles. The zero-order valence-electron chi connectivity index (χ0n) is 14.0. The van der Waals surface area contributed by atoms with Crippen LogP contribution in [0.25, 0.3) is 0 Å². The molecule has 2 fully saturated rings. The van der Waals surface area contributed by atoms with Crippen molar-refractivity contribution >= 4 is 11.8 Å². The molecule has 2 amide bonds. The van der Waals surface area contributed by atoms with Crippen LogP contribution in [0, 0.1) is 18.8 Å². The van der Waals surface area contributed by atoms with E-state index in [0.717, 1.165) is 5.56 Å². The molecular weight excluding hydrogens is 306 g/mol. The minimum Gasteiger partial charge on any atom is -0.391 e. The van der Waals surface area contributed by atoms with E-state index < -0.39 is 6.10 Å². The van der Waals surface area contributed by atoms with E-state index >= 15 is 0 Å². The van der Waals surface area contributed by atoms with Crippen molar-refractivity contribution in [1.82, 2.24) is 15.5 Å². The quantitative estimate of drug-likeness (QED) is 0.712. The lowest BCUT2D eigenvalue weighted by molar-refractivity contribution is -0.129. The van der Waals surface area contributed by atoms with Crippen LogP contribution in [0.3, 0.4) is 0 Å². The third kappa shape index (κ3) is 3.94. The highest BCUT2D eigenvalue weighted by Crippen LogP contribution is 2.21. The van der Waals surface area contributed by atoms with E-state index in [2.05, 4.69) is 10.6 Å². The second kappa shape index (κ2) is 7.32. The maximum absolute atomic E-state index is 12.3. The number of β-amino-alcohol motifs (C(OH)–C–C–N with tert-alkyl or cyclic N) is 1. The van der Waals surface area contributed by atoms with Crippen LogP contribution >= 0.6 is 0 Å². The van der Waals surface area contributed by atoms with Crippen LogP contribution in [0.4, 0.5) is 0 Å². The number of carbonyl (C=O) groups is 2. The number of aliphatic hydroxyl groups excluding tert-OH is 1. The first-order valence-corrected chi connectivity index (χ1v) is 8.52. The Morgan fingerprint density at radius 2 is 2.08 bits per heavy atom. The molecule has 1 aromatic rings. The van der Waals surface area contributed by atoms with Gasteiger partial charge in [0, 0.05) is 45.1 Å². The zero-order valence-corrected chi connectivity index (χ0v) is 14.0. The molecule has 2 aliphatic heterocycles. The van der Waals surface area contributed by atoms with Gasteiger partial charge in [-0.3, -0.25) is 9.59 Å². The van der Waals surface area contributed by atoms with Crippen LogP contribution < -0.4 is 10.6 Å². The van der Waals surface area contributed by atoms with Crippen molar-refractivity contribution in [2.45, 2.75) is 26.0 Å². The number of rotatable bonds is 5. The molecule has 0 saturated carbocycles. The molecule has 24 heavy (non-hydrogen) atoms. The topological polar surface area (TPSA) is 81.7 Å². The molecule has 0 spiro atoms. The minimum absolute atomic E-state index is 0.0262. The number of aliphatic hydroxyl groups is 1. The predicted molar refractivity (Wildman–Crippen MR) is 90.1 cm³/mol. The first-order chi connectivity index (χ1) is 11.5. The summed E-state index contributed by atoms with van der Waals surface area (Å²) in [5.41, 5.74) is 2.27. The first kappa shape index (κ1) is 16.9. The number of aryl methyl sites for hydroxylation is 1. The highest BCUT2D eigenvalue weighted by molar-refractivity contribution is 5.89. The van der Waals surface area contributed by atoms with E-state index in [0.29, 0.717) is 32.7 Å². The van der Waals surface area contributed by atoms with E-state index in [4.69, 9.17) is 0 Å². The number of hydrogen-bond acceptors (Lipinski definition) is 4. The average molecular weight is 331 g/mol. The first-order valence-electron chi connectivity index (χ1n) is 8.52. The molecule has 2 heterocycles. The van der Waals surface area contributed by atoms with Crippen molar-refractivity contribution < 1.29 is 14.7 Å². The van der Waals surface area contributed by atoms with Gasteiger partial charge in [0.15, 0.2) is 0 Å². The lowest BCUT2D eigenvalue weighted by Crippen LogP contribution is -2.38. The normalized spacial score (nSPS) is 26.8. The summed E-state index contributed by atoms with van der Waals surface area (Å²) in [7, 11) is 0. The SMILES string of the molecule is Cc1ccc(CN2CC(C(=O)NCC3CNCC3O)CC2=O)cc1. The van der Waals surface area contributed by atoms with Crippen LogP contribution in [-0.2, 0) is 16.1 Å². The van der Waals surface area contributed by atoms with Gasteiger partial charge in [0.05, 0.1) is 12.0 Å². The smallest absolute Gasteiger partial charge is 0.225 e. The average Bonchev–Trinajstić information content (AvgIpc) is 3.13. The Bertz CT molecular complexity index is 602. The molecule has 3 N–H and O–H groups in total.